The van der Waals surface area contributed by atoms with Gasteiger partial charge < -0.3 is 14.2 Å². The van der Waals surface area contributed by atoms with Crippen LogP contribution in [0.3, 0.4) is 0 Å². The Kier molecular flexibility index (Phi) is 11.0. The Hall–Kier alpha value is -7.26. The number of ether oxygens (including phenoxy) is 3. The molecule has 0 fully saturated rings. The average molecular weight is 672 g/mol. The van der Waals surface area contributed by atoms with E-state index >= 15 is 0 Å². The molecule has 0 aliphatic carbocycles. The lowest BCUT2D eigenvalue weighted by Gasteiger charge is -2.11. The Bertz CT molecular complexity index is 2110. The second-order valence-electron chi connectivity index (χ2n) is 10.9. The van der Waals surface area contributed by atoms with Gasteiger partial charge in [0, 0.05) is 29.1 Å². The Balaban J connectivity index is 1.47. The molecular formula is C42H29N3O6. The molecular weight excluding hydrogens is 642 g/mol. The van der Waals surface area contributed by atoms with Crippen molar-refractivity contribution in [3.8, 4) is 22.8 Å². The fraction of sp³-hybridized carbons (Fsp3) is 0. The molecule has 3 aromatic carbocycles. The molecule has 51 heavy (non-hydrogen) atoms. The number of rotatable bonds is 14. The molecule has 0 aliphatic rings. The minimum atomic E-state index is 0.333. The molecule has 6 aromatic rings. The fourth-order valence-corrected chi connectivity index (χ4v) is 5.22. The van der Waals surface area contributed by atoms with Gasteiger partial charge in [-0.25, -0.2) is 4.98 Å². The lowest BCUT2D eigenvalue weighted by atomic mass is 10.0. The average Bonchev–Trinajstić information content (AvgIpc) is 3.18. The first-order chi connectivity index (χ1) is 25.1. The van der Waals surface area contributed by atoms with E-state index in [4.69, 9.17) is 19.2 Å². The van der Waals surface area contributed by atoms with Crippen molar-refractivity contribution in [2.24, 2.45) is 0 Å². The maximum Gasteiger partial charge on any atom is 0.298 e. The SMILES string of the molecule is O=COC(=Cc1ccnc(-c2cc(/C=C(/OC=O)c3ccccc3)cc(-c3cc(/C=C(/OC=O)c4ccccc4)ccn3)n2)c1)c1ccccc1. The van der Waals surface area contributed by atoms with Gasteiger partial charge in [0.25, 0.3) is 19.4 Å². The first kappa shape index (κ1) is 33.6. The van der Waals surface area contributed by atoms with Crippen LogP contribution in [0.15, 0.2) is 140 Å². The van der Waals surface area contributed by atoms with Crippen molar-refractivity contribution in [1.82, 2.24) is 15.0 Å². The summed E-state index contributed by atoms with van der Waals surface area (Å²) in [6.07, 6.45) is 8.51. The maximum absolute atomic E-state index is 11.5. The number of hydrogen-bond donors (Lipinski definition) is 0. The molecule has 0 unspecified atom stereocenters. The predicted molar refractivity (Wildman–Crippen MR) is 195 cm³/mol. The Morgan fingerprint density at radius 3 is 1.10 bits per heavy atom. The third kappa shape index (κ3) is 8.81. The molecule has 248 valence electrons. The van der Waals surface area contributed by atoms with Gasteiger partial charge in [-0.1, -0.05) is 91.0 Å². The summed E-state index contributed by atoms with van der Waals surface area (Å²) in [7, 11) is 0. The zero-order valence-corrected chi connectivity index (χ0v) is 27.0. The van der Waals surface area contributed by atoms with Crippen LogP contribution in [-0.2, 0) is 28.6 Å². The van der Waals surface area contributed by atoms with E-state index in [-0.39, 0.29) is 0 Å². The number of hydrogen-bond acceptors (Lipinski definition) is 9. The molecule has 0 saturated carbocycles. The largest absolute Gasteiger partial charge is 0.428 e. The summed E-state index contributed by atoms with van der Waals surface area (Å²) >= 11 is 0. The zero-order chi connectivity index (χ0) is 35.3. The van der Waals surface area contributed by atoms with Crippen LogP contribution in [0.1, 0.15) is 33.4 Å². The smallest absolute Gasteiger partial charge is 0.298 e. The molecule has 9 heteroatoms. The molecule has 0 N–H and O–H groups in total. The van der Waals surface area contributed by atoms with Gasteiger partial charge in [0.2, 0.25) is 0 Å². The van der Waals surface area contributed by atoms with Crippen LogP contribution in [0.2, 0.25) is 0 Å². The van der Waals surface area contributed by atoms with E-state index in [2.05, 4.69) is 9.97 Å². The molecule has 0 saturated heterocycles. The molecule has 9 nitrogen and oxygen atoms in total. The molecule has 0 atom stereocenters. The highest BCUT2D eigenvalue weighted by Crippen LogP contribution is 2.29. The number of pyridine rings is 3. The maximum atomic E-state index is 11.5. The van der Waals surface area contributed by atoms with E-state index in [1.54, 1.807) is 42.8 Å². The predicted octanol–water partition coefficient (Wildman–Crippen LogP) is 8.22. The van der Waals surface area contributed by atoms with E-state index in [9.17, 15) is 14.4 Å². The second kappa shape index (κ2) is 16.7. The normalized spacial score (nSPS) is 11.7. The summed E-state index contributed by atoms with van der Waals surface area (Å²) in [5, 5.41) is 0. The Morgan fingerprint density at radius 2 is 0.745 bits per heavy atom. The van der Waals surface area contributed by atoms with Crippen LogP contribution in [0, 0.1) is 0 Å². The first-order valence-electron chi connectivity index (χ1n) is 15.7. The molecule has 0 aliphatic heterocycles. The molecule has 0 amide bonds. The van der Waals surface area contributed by atoms with Gasteiger partial charge in [0.15, 0.2) is 0 Å². The zero-order valence-electron chi connectivity index (χ0n) is 27.0. The summed E-state index contributed by atoms with van der Waals surface area (Å²) < 4.78 is 16.0. The highest BCUT2D eigenvalue weighted by molar-refractivity contribution is 5.85. The van der Waals surface area contributed by atoms with E-state index in [1.807, 2.05) is 115 Å². The second-order valence-corrected chi connectivity index (χ2v) is 10.9. The van der Waals surface area contributed by atoms with Crippen LogP contribution in [0.4, 0.5) is 0 Å². The molecule has 6 rings (SSSR count). The first-order valence-corrected chi connectivity index (χ1v) is 15.7. The Morgan fingerprint density at radius 1 is 0.412 bits per heavy atom. The lowest BCUT2D eigenvalue weighted by molar-refractivity contribution is -0.123. The van der Waals surface area contributed by atoms with E-state index < -0.39 is 0 Å². The van der Waals surface area contributed by atoms with Crippen molar-refractivity contribution in [2.45, 2.75) is 0 Å². The molecule has 3 aromatic heterocycles. The number of nitrogens with zero attached hydrogens (tertiary/aromatic N) is 3. The van der Waals surface area contributed by atoms with E-state index in [0.717, 1.165) is 11.1 Å². The summed E-state index contributed by atoms with van der Waals surface area (Å²) in [6, 6.07) is 38.7. The van der Waals surface area contributed by atoms with Gasteiger partial charge in [-0.3, -0.25) is 24.4 Å². The van der Waals surface area contributed by atoms with Crippen LogP contribution in [0.5, 0.6) is 0 Å². The van der Waals surface area contributed by atoms with Crippen LogP contribution in [0.25, 0.3) is 58.3 Å². The van der Waals surface area contributed by atoms with Crippen molar-refractivity contribution >= 4 is 54.9 Å². The van der Waals surface area contributed by atoms with Crippen molar-refractivity contribution in [2.75, 3.05) is 0 Å². The fourth-order valence-electron chi connectivity index (χ4n) is 5.22. The minimum absolute atomic E-state index is 0.333. The van der Waals surface area contributed by atoms with Gasteiger partial charge in [-0.05, 0) is 71.3 Å². The van der Waals surface area contributed by atoms with Gasteiger partial charge in [0.1, 0.15) is 17.3 Å². The number of carbonyl (C=O) groups is 3. The van der Waals surface area contributed by atoms with Gasteiger partial charge >= 0.3 is 0 Å². The number of benzene rings is 3. The summed E-state index contributed by atoms with van der Waals surface area (Å²) in [4.78, 5) is 48.4. The van der Waals surface area contributed by atoms with Gasteiger partial charge in [0.05, 0.1) is 22.8 Å². The quantitative estimate of drug-likeness (QED) is 0.0641. The van der Waals surface area contributed by atoms with E-state index in [1.165, 1.54) is 0 Å². The number of carbonyl (C=O) groups excluding carboxylic acids is 3. The van der Waals surface area contributed by atoms with Crippen molar-refractivity contribution in [3.63, 3.8) is 0 Å². The molecule has 3 heterocycles. The molecule has 0 spiro atoms. The summed E-state index contributed by atoms with van der Waals surface area (Å²) in [5.41, 5.74) is 6.31. The van der Waals surface area contributed by atoms with Gasteiger partial charge in [-0.15, -0.1) is 0 Å². The third-order valence-corrected chi connectivity index (χ3v) is 7.53. The van der Waals surface area contributed by atoms with Crippen molar-refractivity contribution in [3.05, 3.63) is 173 Å². The van der Waals surface area contributed by atoms with Crippen molar-refractivity contribution < 1.29 is 28.6 Å². The monoisotopic (exact) mass is 671 g/mol. The third-order valence-electron chi connectivity index (χ3n) is 7.53. The van der Waals surface area contributed by atoms with Crippen LogP contribution >= 0.6 is 0 Å². The number of aromatic nitrogens is 3. The summed E-state index contributed by atoms with van der Waals surface area (Å²) in [6.45, 7) is 1.16. The summed E-state index contributed by atoms with van der Waals surface area (Å²) in [5.74, 6) is 1.07. The lowest BCUT2D eigenvalue weighted by Crippen LogP contribution is -1.96. The van der Waals surface area contributed by atoms with Crippen LogP contribution < -0.4 is 0 Å². The Labute approximate surface area is 293 Å². The topological polar surface area (TPSA) is 118 Å². The molecule has 0 radical (unpaired) electrons. The van der Waals surface area contributed by atoms with Crippen molar-refractivity contribution in [1.29, 1.82) is 0 Å². The van der Waals surface area contributed by atoms with Gasteiger partial charge in [-0.2, -0.15) is 0 Å². The minimum Gasteiger partial charge on any atom is -0.428 e. The standard InChI is InChI=1S/C42H29N3O6/c46-27-49-40(33-10-4-1-5-11-33)24-30-16-18-43-36(20-30)38-22-32(26-42(51-29-48)35-14-8-3-9-15-35)23-39(45-38)37-21-31(17-19-44-37)25-41(50-28-47)34-12-6-2-7-13-34/h1-29H/b40-24+,41-25?,42-26+. The highest BCUT2D eigenvalue weighted by Gasteiger charge is 2.13. The van der Waals surface area contributed by atoms with E-state index in [0.29, 0.717) is 81.7 Å². The highest BCUT2D eigenvalue weighted by atomic mass is 16.5. The molecule has 0 bridgehead atoms. The van der Waals surface area contributed by atoms with Crippen LogP contribution in [-0.4, -0.2) is 34.4 Å².